The normalized spacial score (nSPS) is 18.0. The number of nitrogens with two attached hydrogens (primary N) is 1. The van der Waals surface area contributed by atoms with Crippen molar-refractivity contribution in [3.05, 3.63) is 59.7 Å². The molecule has 28 heavy (non-hydrogen) atoms. The van der Waals surface area contributed by atoms with Crippen molar-refractivity contribution in [1.82, 2.24) is 0 Å². The van der Waals surface area contributed by atoms with Gasteiger partial charge in [0.15, 0.2) is 0 Å². The number of ether oxygens (including phenoxy) is 1. The van der Waals surface area contributed by atoms with Crippen LogP contribution in [0.5, 0.6) is 5.75 Å². The Labute approximate surface area is 164 Å². The molecule has 2 aromatic carbocycles. The third-order valence-electron chi connectivity index (χ3n) is 5.20. The molecule has 6 heteroatoms. The lowest BCUT2D eigenvalue weighted by molar-refractivity contribution is -0.137. The number of carbonyl (C=O) groups excluding carboxylic acids is 1. The Hall–Kier alpha value is -3.02. The van der Waals surface area contributed by atoms with Crippen molar-refractivity contribution >= 4 is 17.6 Å². The second-order valence-electron chi connectivity index (χ2n) is 7.20. The van der Waals surface area contributed by atoms with Crippen LogP contribution < -0.4 is 15.4 Å². The molecule has 1 heterocycles. The molecule has 3 N–H and O–H groups in total. The van der Waals surface area contributed by atoms with Crippen molar-refractivity contribution in [3.8, 4) is 5.75 Å². The number of nitrogens with zero attached hydrogens (tertiary/aromatic N) is 1. The molecule has 3 rings (SSSR count). The molecule has 148 valence electrons. The molecule has 1 amide bonds. The lowest BCUT2D eigenvalue weighted by Gasteiger charge is -2.27. The van der Waals surface area contributed by atoms with Crippen molar-refractivity contribution in [3.63, 3.8) is 0 Å². The molecule has 1 aliphatic heterocycles. The van der Waals surface area contributed by atoms with Gasteiger partial charge in [-0.2, -0.15) is 0 Å². The number of carboxylic acids is 1. The van der Waals surface area contributed by atoms with Crippen LogP contribution in [0, 0.1) is 0 Å². The van der Waals surface area contributed by atoms with E-state index in [-0.39, 0.29) is 30.7 Å². The van der Waals surface area contributed by atoms with E-state index in [2.05, 4.69) is 24.0 Å². The number of primary amides is 1. The van der Waals surface area contributed by atoms with E-state index in [4.69, 9.17) is 15.6 Å². The third kappa shape index (κ3) is 4.63. The monoisotopic (exact) mass is 382 g/mol. The zero-order valence-electron chi connectivity index (χ0n) is 16.0. The molecule has 0 aliphatic carbocycles. The van der Waals surface area contributed by atoms with Crippen LogP contribution in [0.1, 0.15) is 43.2 Å². The first kappa shape index (κ1) is 19.7. The number of carboxylic acid groups (broad SMARTS) is 1. The van der Waals surface area contributed by atoms with Crippen LogP contribution in [0.2, 0.25) is 0 Å². The first-order valence-corrected chi connectivity index (χ1v) is 9.53. The highest BCUT2D eigenvalue weighted by Crippen LogP contribution is 2.44. The molecule has 6 nitrogen and oxygen atoms in total. The first-order valence-electron chi connectivity index (χ1n) is 9.53. The Morgan fingerprint density at radius 2 is 1.93 bits per heavy atom. The maximum Gasteiger partial charge on any atom is 0.303 e. The van der Waals surface area contributed by atoms with Crippen molar-refractivity contribution in [1.29, 1.82) is 0 Å². The highest BCUT2D eigenvalue weighted by molar-refractivity contribution is 5.77. The van der Waals surface area contributed by atoms with Gasteiger partial charge in [-0.05, 0) is 42.7 Å². The number of carbonyl (C=O) groups is 2. The van der Waals surface area contributed by atoms with E-state index < -0.39 is 5.97 Å². The van der Waals surface area contributed by atoms with Crippen LogP contribution >= 0.6 is 0 Å². The van der Waals surface area contributed by atoms with E-state index in [0.717, 1.165) is 17.8 Å². The fourth-order valence-electron chi connectivity index (χ4n) is 3.80. The Kier molecular flexibility index (Phi) is 6.19. The summed E-state index contributed by atoms with van der Waals surface area (Å²) in [5.74, 6) is -0.465. The van der Waals surface area contributed by atoms with Gasteiger partial charge in [-0.15, -0.1) is 0 Å². The Morgan fingerprint density at radius 1 is 1.18 bits per heavy atom. The van der Waals surface area contributed by atoms with Crippen LogP contribution in [-0.4, -0.2) is 29.6 Å². The maximum atomic E-state index is 11.7. The average molecular weight is 382 g/mol. The average Bonchev–Trinajstić information content (AvgIpc) is 2.91. The minimum Gasteiger partial charge on any atom is -0.494 e. The van der Waals surface area contributed by atoms with E-state index in [1.807, 2.05) is 36.4 Å². The molecule has 2 aromatic rings. The Morgan fingerprint density at radius 3 is 2.61 bits per heavy atom. The SMILES string of the molecule is CC1C(CC(N)=O)c2cc(OCCCC(=O)O)ccc2N1Cc1ccccc1. The van der Waals surface area contributed by atoms with Crippen molar-refractivity contribution < 1.29 is 19.4 Å². The standard InChI is InChI=1S/C22H26N2O4/c1-15-18(13-21(23)25)19-12-17(28-11-5-8-22(26)27)9-10-20(19)24(15)14-16-6-3-2-4-7-16/h2-4,6-7,9-10,12,15,18H,5,8,11,13-14H2,1H3,(H2,23,25)(H,26,27). The van der Waals surface area contributed by atoms with E-state index in [0.29, 0.717) is 18.8 Å². The number of benzene rings is 2. The second kappa shape index (κ2) is 8.78. The fourth-order valence-corrected chi connectivity index (χ4v) is 3.80. The van der Waals surface area contributed by atoms with Gasteiger partial charge in [0.1, 0.15) is 5.75 Å². The number of fused-ring (bicyclic) bond motifs is 1. The van der Waals surface area contributed by atoms with E-state index >= 15 is 0 Å². The van der Waals surface area contributed by atoms with Gasteiger partial charge in [0.2, 0.25) is 5.91 Å². The Bertz CT molecular complexity index is 838. The topological polar surface area (TPSA) is 92.9 Å². The summed E-state index contributed by atoms with van der Waals surface area (Å²) in [5, 5.41) is 8.73. The fraction of sp³-hybridized carbons (Fsp3) is 0.364. The molecule has 0 spiro atoms. The molecule has 2 atom stereocenters. The third-order valence-corrected chi connectivity index (χ3v) is 5.20. The highest BCUT2D eigenvalue weighted by atomic mass is 16.5. The van der Waals surface area contributed by atoms with E-state index in [1.165, 1.54) is 5.56 Å². The largest absolute Gasteiger partial charge is 0.494 e. The van der Waals surface area contributed by atoms with E-state index in [1.54, 1.807) is 0 Å². The van der Waals surface area contributed by atoms with E-state index in [9.17, 15) is 9.59 Å². The molecular weight excluding hydrogens is 356 g/mol. The lowest BCUT2D eigenvalue weighted by Crippen LogP contribution is -2.32. The van der Waals surface area contributed by atoms with Crippen molar-refractivity contribution in [2.75, 3.05) is 11.5 Å². The smallest absolute Gasteiger partial charge is 0.303 e. The zero-order valence-corrected chi connectivity index (χ0v) is 16.0. The molecule has 0 bridgehead atoms. The zero-order chi connectivity index (χ0) is 20.1. The summed E-state index contributed by atoms with van der Waals surface area (Å²) in [5.41, 5.74) is 8.85. The summed E-state index contributed by atoms with van der Waals surface area (Å²) in [4.78, 5) is 24.6. The molecule has 0 fully saturated rings. The van der Waals surface area contributed by atoms with Gasteiger partial charge in [0.05, 0.1) is 6.61 Å². The minimum absolute atomic E-state index is 0.00113. The summed E-state index contributed by atoms with van der Waals surface area (Å²) in [6, 6.07) is 16.2. The number of rotatable bonds is 9. The molecule has 0 aromatic heterocycles. The van der Waals surface area contributed by atoms with Crippen LogP contribution in [-0.2, 0) is 16.1 Å². The van der Waals surface area contributed by atoms with Gasteiger partial charge in [0.25, 0.3) is 0 Å². The second-order valence-corrected chi connectivity index (χ2v) is 7.20. The van der Waals surface area contributed by atoms with Gasteiger partial charge in [-0.25, -0.2) is 0 Å². The molecule has 0 saturated carbocycles. The van der Waals surface area contributed by atoms with Crippen LogP contribution in [0.3, 0.4) is 0 Å². The number of hydrogen-bond donors (Lipinski definition) is 2. The summed E-state index contributed by atoms with van der Waals surface area (Å²) in [7, 11) is 0. The van der Waals surface area contributed by atoms with Crippen LogP contribution in [0.15, 0.2) is 48.5 Å². The summed E-state index contributed by atoms with van der Waals surface area (Å²) in [6.45, 7) is 3.21. The van der Waals surface area contributed by atoms with Crippen LogP contribution in [0.4, 0.5) is 5.69 Å². The highest BCUT2D eigenvalue weighted by Gasteiger charge is 2.36. The molecule has 0 saturated heterocycles. The van der Waals surface area contributed by atoms with Gasteiger partial charge < -0.3 is 20.5 Å². The van der Waals surface area contributed by atoms with Gasteiger partial charge in [-0.1, -0.05) is 30.3 Å². The maximum absolute atomic E-state index is 11.7. The lowest BCUT2D eigenvalue weighted by atomic mass is 9.92. The minimum atomic E-state index is -0.829. The van der Waals surface area contributed by atoms with Crippen molar-refractivity contribution in [2.45, 2.75) is 44.7 Å². The summed E-state index contributed by atoms with van der Waals surface area (Å²) >= 11 is 0. The summed E-state index contributed by atoms with van der Waals surface area (Å²) < 4.78 is 5.73. The number of hydrogen-bond acceptors (Lipinski definition) is 4. The summed E-state index contributed by atoms with van der Waals surface area (Å²) in [6.07, 6.45) is 0.812. The van der Waals surface area contributed by atoms with Gasteiger partial charge >= 0.3 is 5.97 Å². The predicted octanol–water partition coefficient (Wildman–Crippen LogP) is 3.30. The molecule has 1 aliphatic rings. The molecule has 0 radical (unpaired) electrons. The molecular formula is C22H26N2O4. The van der Waals surface area contributed by atoms with Gasteiger partial charge in [-0.3, -0.25) is 9.59 Å². The first-order chi connectivity index (χ1) is 13.5. The number of amides is 1. The Balaban J connectivity index is 1.81. The molecule has 2 unspecified atom stereocenters. The quantitative estimate of drug-likeness (QED) is 0.649. The van der Waals surface area contributed by atoms with Crippen LogP contribution in [0.25, 0.3) is 0 Å². The predicted molar refractivity (Wildman–Crippen MR) is 107 cm³/mol. The van der Waals surface area contributed by atoms with Crippen molar-refractivity contribution in [2.24, 2.45) is 5.73 Å². The van der Waals surface area contributed by atoms with Gasteiger partial charge in [0, 0.05) is 37.0 Å². The number of aliphatic carboxylic acids is 1. The number of anilines is 1.